The first-order valence-electron chi connectivity index (χ1n) is 3.33. The normalized spacial score (nSPS) is 49.7. The van der Waals surface area contributed by atoms with Gasteiger partial charge >= 0.3 is 0 Å². The van der Waals surface area contributed by atoms with Gasteiger partial charge in [0.15, 0.2) is 6.29 Å². The van der Waals surface area contributed by atoms with Crippen LogP contribution < -0.4 is 0 Å². The third-order valence-electron chi connectivity index (χ3n) is 1.78. The van der Waals surface area contributed by atoms with Crippen molar-refractivity contribution in [3.8, 4) is 0 Å². The van der Waals surface area contributed by atoms with Crippen LogP contribution in [0.5, 0.6) is 0 Å². The lowest BCUT2D eigenvalue weighted by Gasteiger charge is -2.41. The van der Waals surface area contributed by atoms with Crippen molar-refractivity contribution in [2.24, 2.45) is 0 Å². The lowest BCUT2D eigenvalue weighted by atomic mass is 10.2. The standard InChI is InChI=1S/C6H9BrO2/c7-6-4-2-1-3-5(8-6)9-6/h5H,1-4H2. The summed E-state index contributed by atoms with van der Waals surface area (Å²) < 4.78 is 10.4. The Morgan fingerprint density at radius 3 is 2.89 bits per heavy atom. The van der Waals surface area contributed by atoms with Crippen LogP contribution in [0.4, 0.5) is 0 Å². The van der Waals surface area contributed by atoms with Gasteiger partial charge in [0.05, 0.1) is 0 Å². The molecule has 3 rings (SSSR count). The highest BCUT2D eigenvalue weighted by Gasteiger charge is 2.45. The minimum Gasteiger partial charge on any atom is -0.311 e. The first kappa shape index (κ1) is 6.13. The minimum atomic E-state index is -0.381. The number of ether oxygens (including phenoxy) is 2. The lowest BCUT2D eigenvalue weighted by molar-refractivity contribution is -0.397. The molecule has 3 aliphatic heterocycles. The molecule has 0 aromatic carbocycles. The van der Waals surface area contributed by atoms with E-state index in [1.807, 2.05) is 0 Å². The van der Waals surface area contributed by atoms with Gasteiger partial charge in [0, 0.05) is 6.42 Å². The molecule has 3 heteroatoms. The Hall–Kier alpha value is 0.400. The predicted molar refractivity (Wildman–Crippen MR) is 36.1 cm³/mol. The summed E-state index contributed by atoms with van der Waals surface area (Å²) in [4.78, 5) is 0. The molecule has 0 aliphatic carbocycles. The summed E-state index contributed by atoms with van der Waals surface area (Å²) in [5.41, 5.74) is 0. The quantitative estimate of drug-likeness (QED) is 0.547. The van der Waals surface area contributed by atoms with E-state index in [2.05, 4.69) is 15.9 Å². The first-order valence-corrected chi connectivity index (χ1v) is 4.12. The van der Waals surface area contributed by atoms with Crippen molar-refractivity contribution in [2.45, 2.75) is 36.7 Å². The first-order chi connectivity index (χ1) is 4.29. The summed E-state index contributed by atoms with van der Waals surface area (Å²) in [6.45, 7) is 0. The van der Waals surface area contributed by atoms with Crippen molar-refractivity contribution in [1.29, 1.82) is 0 Å². The Bertz CT molecular complexity index is 115. The van der Waals surface area contributed by atoms with Gasteiger partial charge in [-0.2, -0.15) is 0 Å². The fraction of sp³-hybridized carbons (Fsp3) is 1.00. The number of halogens is 1. The van der Waals surface area contributed by atoms with Gasteiger partial charge in [0.25, 0.3) is 0 Å². The topological polar surface area (TPSA) is 18.5 Å². The van der Waals surface area contributed by atoms with Crippen molar-refractivity contribution in [1.82, 2.24) is 0 Å². The maximum Gasteiger partial charge on any atom is 0.230 e. The molecule has 0 aromatic rings. The fourth-order valence-corrected chi connectivity index (χ4v) is 1.98. The van der Waals surface area contributed by atoms with E-state index in [9.17, 15) is 0 Å². The van der Waals surface area contributed by atoms with E-state index in [0.29, 0.717) is 0 Å². The minimum absolute atomic E-state index is 0.0897. The number of alkyl halides is 1. The third-order valence-corrected chi connectivity index (χ3v) is 2.55. The molecular formula is C6H9BrO2. The van der Waals surface area contributed by atoms with Crippen molar-refractivity contribution in [3.05, 3.63) is 0 Å². The second kappa shape index (κ2) is 1.94. The smallest absolute Gasteiger partial charge is 0.230 e. The van der Waals surface area contributed by atoms with Crippen LogP contribution in [0.25, 0.3) is 0 Å². The molecule has 0 N–H and O–H groups in total. The number of fused-ring (bicyclic) bond motifs is 3. The second-order valence-electron chi connectivity index (χ2n) is 2.57. The zero-order chi connectivity index (χ0) is 6.32. The third kappa shape index (κ3) is 1.02. The summed E-state index contributed by atoms with van der Waals surface area (Å²) >= 11 is 3.36. The fourth-order valence-electron chi connectivity index (χ4n) is 1.28. The Kier molecular flexibility index (Phi) is 1.32. The Labute approximate surface area is 62.6 Å². The van der Waals surface area contributed by atoms with Crippen molar-refractivity contribution >= 4 is 15.9 Å². The predicted octanol–water partition coefficient (Wildman–Crippen LogP) is 1.98. The average molecular weight is 193 g/mol. The van der Waals surface area contributed by atoms with Gasteiger partial charge < -0.3 is 9.47 Å². The summed E-state index contributed by atoms with van der Waals surface area (Å²) in [5.74, 6) is 0. The summed E-state index contributed by atoms with van der Waals surface area (Å²) in [6.07, 6.45) is 4.59. The number of rotatable bonds is 0. The molecule has 3 saturated heterocycles. The second-order valence-corrected chi connectivity index (χ2v) is 3.78. The molecule has 0 unspecified atom stereocenters. The van der Waals surface area contributed by atoms with Crippen LogP contribution in [0.2, 0.25) is 0 Å². The largest absolute Gasteiger partial charge is 0.311 e. The van der Waals surface area contributed by atoms with Crippen LogP contribution in [-0.4, -0.2) is 11.0 Å². The van der Waals surface area contributed by atoms with Gasteiger partial charge in [-0.15, -0.1) is 0 Å². The van der Waals surface area contributed by atoms with E-state index in [0.717, 1.165) is 12.8 Å². The molecule has 2 nitrogen and oxygen atoms in total. The van der Waals surface area contributed by atoms with Gasteiger partial charge in [0.2, 0.25) is 4.70 Å². The van der Waals surface area contributed by atoms with Gasteiger partial charge in [0.1, 0.15) is 0 Å². The molecule has 9 heavy (non-hydrogen) atoms. The highest BCUT2D eigenvalue weighted by Crippen LogP contribution is 2.43. The zero-order valence-electron chi connectivity index (χ0n) is 5.10. The molecule has 3 heterocycles. The molecule has 52 valence electrons. The summed E-state index contributed by atoms with van der Waals surface area (Å²) in [7, 11) is 0. The van der Waals surface area contributed by atoms with Crippen LogP contribution >= 0.6 is 15.9 Å². The monoisotopic (exact) mass is 192 g/mol. The molecule has 0 radical (unpaired) electrons. The Balaban J connectivity index is 2.03. The SMILES string of the molecule is BrC12CCCCC(O1)O2. The van der Waals surface area contributed by atoms with Gasteiger partial charge in [-0.3, -0.25) is 0 Å². The lowest BCUT2D eigenvalue weighted by Crippen LogP contribution is -2.47. The van der Waals surface area contributed by atoms with Crippen LogP contribution in [0, 0.1) is 0 Å². The maximum absolute atomic E-state index is 5.38. The van der Waals surface area contributed by atoms with E-state index in [-0.39, 0.29) is 11.0 Å². The highest BCUT2D eigenvalue weighted by molar-refractivity contribution is 9.10. The molecular weight excluding hydrogens is 184 g/mol. The van der Waals surface area contributed by atoms with E-state index in [1.165, 1.54) is 12.8 Å². The molecule has 0 aromatic heterocycles. The molecule has 0 amide bonds. The van der Waals surface area contributed by atoms with Crippen LogP contribution in [0.1, 0.15) is 25.7 Å². The summed E-state index contributed by atoms with van der Waals surface area (Å²) in [5, 5.41) is 0. The Morgan fingerprint density at radius 2 is 2.11 bits per heavy atom. The van der Waals surface area contributed by atoms with Gasteiger partial charge in [-0.05, 0) is 35.2 Å². The van der Waals surface area contributed by atoms with Crippen LogP contribution in [0.3, 0.4) is 0 Å². The van der Waals surface area contributed by atoms with Crippen LogP contribution in [-0.2, 0) is 9.47 Å². The van der Waals surface area contributed by atoms with E-state index in [1.54, 1.807) is 0 Å². The van der Waals surface area contributed by atoms with Crippen molar-refractivity contribution in [2.75, 3.05) is 0 Å². The summed E-state index contributed by atoms with van der Waals surface area (Å²) in [6, 6.07) is 0. The number of hydrogen-bond donors (Lipinski definition) is 0. The molecule has 3 fully saturated rings. The molecule has 0 saturated carbocycles. The van der Waals surface area contributed by atoms with E-state index in [4.69, 9.17) is 9.47 Å². The van der Waals surface area contributed by atoms with E-state index < -0.39 is 0 Å². The van der Waals surface area contributed by atoms with Crippen LogP contribution in [0.15, 0.2) is 0 Å². The molecule has 2 bridgehead atoms. The van der Waals surface area contributed by atoms with Crippen molar-refractivity contribution < 1.29 is 9.47 Å². The van der Waals surface area contributed by atoms with E-state index >= 15 is 0 Å². The van der Waals surface area contributed by atoms with Gasteiger partial charge in [-0.1, -0.05) is 0 Å². The van der Waals surface area contributed by atoms with Gasteiger partial charge in [-0.25, -0.2) is 0 Å². The Morgan fingerprint density at radius 1 is 1.33 bits per heavy atom. The average Bonchev–Trinajstić information content (AvgIpc) is 1.95. The molecule has 0 atom stereocenters. The highest BCUT2D eigenvalue weighted by atomic mass is 79.9. The zero-order valence-corrected chi connectivity index (χ0v) is 6.69. The molecule has 3 aliphatic rings. The van der Waals surface area contributed by atoms with Crippen molar-refractivity contribution in [3.63, 3.8) is 0 Å². The number of hydrogen-bond acceptors (Lipinski definition) is 2. The maximum atomic E-state index is 5.38. The molecule has 0 spiro atoms.